The summed E-state index contributed by atoms with van der Waals surface area (Å²) in [5, 5.41) is 36.7. The molecule has 1 aromatic heterocycles. The zero-order valence-corrected chi connectivity index (χ0v) is 10.3. The van der Waals surface area contributed by atoms with Crippen LogP contribution in [0.4, 0.5) is 0 Å². The molecule has 1 aromatic carbocycles. The maximum absolute atomic E-state index is 9.90. The van der Waals surface area contributed by atoms with Crippen LogP contribution in [0.3, 0.4) is 0 Å². The average molecular weight is 261 g/mol. The summed E-state index contributed by atoms with van der Waals surface area (Å²) in [5.74, 6) is 0.339. The van der Waals surface area contributed by atoms with Gasteiger partial charge in [-0.05, 0) is 25.0 Å². The van der Waals surface area contributed by atoms with Gasteiger partial charge in [-0.15, -0.1) is 5.10 Å². The molecule has 6 heteroatoms. The molecule has 3 N–H and O–H groups in total. The van der Waals surface area contributed by atoms with Gasteiger partial charge >= 0.3 is 6.01 Å². The number of hydrogen-bond acceptors (Lipinski definition) is 5. The van der Waals surface area contributed by atoms with Crippen LogP contribution in [0.25, 0.3) is 11.4 Å². The lowest BCUT2D eigenvalue weighted by molar-refractivity contribution is 0.368. The fraction of sp³-hybridized carbons (Fsp3) is 0.385. The number of phenolic OH excluding ortho intramolecular Hbond substituents is 2. The molecule has 0 amide bonds. The first-order valence-corrected chi connectivity index (χ1v) is 6.33. The summed E-state index contributed by atoms with van der Waals surface area (Å²) >= 11 is 0. The summed E-state index contributed by atoms with van der Waals surface area (Å²) in [6.07, 6.45) is 4.17. The molecule has 0 radical (unpaired) electrons. The molecular weight excluding hydrogens is 246 g/mol. The van der Waals surface area contributed by atoms with Crippen molar-refractivity contribution in [3.8, 4) is 28.9 Å². The van der Waals surface area contributed by atoms with Crippen molar-refractivity contribution in [3.63, 3.8) is 0 Å². The van der Waals surface area contributed by atoms with Crippen molar-refractivity contribution in [1.29, 1.82) is 0 Å². The Bertz CT molecular complexity index is 603. The number of phenols is 2. The van der Waals surface area contributed by atoms with Crippen molar-refractivity contribution in [2.75, 3.05) is 0 Å². The SMILES string of the molecule is Oc1ccc(-c2nnc(O)n2C2CCCC2)c(O)c1. The molecule has 1 aliphatic rings. The summed E-state index contributed by atoms with van der Waals surface area (Å²) in [7, 11) is 0. The van der Waals surface area contributed by atoms with Gasteiger partial charge in [0.15, 0.2) is 5.82 Å². The van der Waals surface area contributed by atoms with Crippen LogP contribution in [-0.2, 0) is 0 Å². The highest BCUT2D eigenvalue weighted by Crippen LogP contribution is 2.38. The molecule has 0 atom stereocenters. The van der Waals surface area contributed by atoms with E-state index in [1.54, 1.807) is 10.6 Å². The molecule has 2 aromatic rings. The molecule has 0 spiro atoms. The minimum absolute atomic E-state index is 0.0163. The smallest absolute Gasteiger partial charge is 0.314 e. The third-order valence-electron chi connectivity index (χ3n) is 3.59. The Labute approximate surface area is 110 Å². The minimum atomic E-state index is -0.130. The largest absolute Gasteiger partial charge is 0.508 e. The van der Waals surface area contributed by atoms with Crippen LogP contribution >= 0.6 is 0 Å². The van der Waals surface area contributed by atoms with E-state index in [9.17, 15) is 15.3 Å². The molecule has 6 nitrogen and oxygen atoms in total. The van der Waals surface area contributed by atoms with Crippen molar-refractivity contribution in [2.24, 2.45) is 0 Å². The molecule has 100 valence electrons. The predicted molar refractivity (Wildman–Crippen MR) is 68.0 cm³/mol. The molecule has 0 unspecified atom stereocenters. The fourth-order valence-corrected chi connectivity index (χ4v) is 2.67. The van der Waals surface area contributed by atoms with E-state index in [0.717, 1.165) is 25.7 Å². The summed E-state index contributed by atoms with van der Waals surface area (Å²) < 4.78 is 1.67. The monoisotopic (exact) mass is 261 g/mol. The first-order valence-electron chi connectivity index (χ1n) is 6.33. The second-order valence-corrected chi connectivity index (χ2v) is 4.83. The number of aromatic nitrogens is 3. The minimum Gasteiger partial charge on any atom is -0.508 e. The van der Waals surface area contributed by atoms with Crippen molar-refractivity contribution in [2.45, 2.75) is 31.7 Å². The van der Waals surface area contributed by atoms with E-state index >= 15 is 0 Å². The maximum atomic E-state index is 9.90. The zero-order valence-electron chi connectivity index (χ0n) is 10.3. The number of aromatic hydroxyl groups is 3. The highest BCUT2D eigenvalue weighted by atomic mass is 16.3. The van der Waals surface area contributed by atoms with Gasteiger partial charge in [0.25, 0.3) is 0 Å². The molecule has 19 heavy (non-hydrogen) atoms. The van der Waals surface area contributed by atoms with Gasteiger partial charge in [0.2, 0.25) is 0 Å². The molecule has 0 aliphatic heterocycles. The van der Waals surface area contributed by atoms with Gasteiger partial charge in [0, 0.05) is 12.1 Å². The van der Waals surface area contributed by atoms with Gasteiger partial charge < -0.3 is 15.3 Å². The van der Waals surface area contributed by atoms with Gasteiger partial charge in [-0.1, -0.05) is 17.9 Å². The Kier molecular flexibility index (Phi) is 2.77. The molecule has 1 heterocycles. The molecule has 1 saturated carbocycles. The van der Waals surface area contributed by atoms with Crippen LogP contribution in [0.2, 0.25) is 0 Å². The Hall–Kier alpha value is -2.24. The summed E-state index contributed by atoms with van der Waals surface area (Å²) in [4.78, 5) is 0. The predicted octanol–water partition coefficient (Wildman–Crippen LogP) is 2.18. The third-order valence-corrected chi connectivity index (χ3v) is 3.59. The van der Waals surface area contributed by atoms with E-state index in [4.69, 9.17) is 0 Å². The number of rotatable bonds is 2. The van der Waals surface area contributed by atoms with E-state index in [1.165, 1.54) is 12.1 Å². The van der Waals surface area contributed by atoms with Gasteiger partial charge in [0.05, 0.1) is 5.56 Å². The number of nitrogens with zero attached hydrogens (tertiary/aromatic N) is 3. The average Bonchev–Trinajstić information content (AvgIpc) is 2.98. The van der Waals surface area contributed by atoms with Crippen molar-refractivity contribution < 1.29 is 15.3 Å². The first-order chi connectivity index (χ1) is 9.16. The lowest BCUT2D eigenvalue weighted by Crippen LogP contribution is -2.06. The highest BCUT2D eigenvalue weighted by molar-refractivity contribution is 5.65. The molecule has 1 fully saturated rings. The molecule has 3 rings (SSSR count). The van der Waals surface area contributed by atoms with Crippen LogP contribution in [0.5, 0.6) is 17.5 Å². The lowest BCUT2D eigenvalue weighted by Gasteiger charge is -2.15. The number of hydrogen-bond donors (Lipinski definition) is 3. The molecule has 0 bridgehead atoms. The van der Waals surface area contributed by atoms with Gasteiger partial charge in [-0.2, -0.15) is 0 Å². The van der Waals surface area contributed by atoms with Crippen LogP contribution in [-0.4, -0.2) is 30.1 Å². The molecular formula is C13H15N3O3. The maximum Gasteiger partial charge on any atom is 0.314 e. The van der Waals surface area contributed by atoms with E-state index in [-0.39, 0.29) is 23.6 Å². The topological polar surface area (TPSA) is 91.4 Å². The van der Waals surface area contributed by atoms with E-state index in [0.29, 0.717) is 11.4 Å². The van der Waals surface area contributed by atoms with Crippen molar-refractivity contribution in [3.05, 3.63) is 18.2 Å². The van der Waals surface area contributed by atoms with Crippen molar-refractivity contribution >= 4 is 0 Å². The second-order valence-electron chi connectivity index (χ2n) is 4.83. The Morgan fingerprint density at radius 3 is 2.47 bits per heavy atom. The Morgan fingerprint density at radius 2 is 1.79 bits per heavy atom. The van der Waals surface area contributed by atoms with E-state index in [2.05, 4.69) is 10.2 Å². The molecule has 0 saturated heterocycles. The molecule has 1 aliphatic carbocycles. The van der Waals surface area contributed by atoms with Gasteiger partial charge in [-0.3, -0.25) is 4.57 Å². The van der Waals surface area contributed by atoms with E-state index in [1.807, 2.05) is 0 Å². The van der Waals surface area contributed by atoms with Gasteiger partial charge in [-0.25, -0.2) is 0 Å². The Balaban J connectivity index is 2.09. The quantitative estimate of drug-likeness (QED) is 0.770. The van der Waals surface area contributed by atoms with Crippen LogP contribution in [0, 0.1) is 0 Å². The van der Waals surface area contributed by atoms with Crippen LogP contribution < -0.4 is 0 Å². The highest BCUT2D eigenvalue weighted by Gasteiger charge is 2.25. The van der Waals surface area contributed by atoms with E-state index < -0.39 is 0 Å². The van der Waals surface area contributed by atoms with Gasteiger partial charge in [0.1, 0.15) is 11.5 Å². The normalized spacial score (nSPS) is 16.0. The van der Waals surface area contributed by atoms with Crippen LogP contribution in [0.1, 0.15) is 31.7 Å². The van der Waals surface area contributed by atoms with Crippen molar-refractivity contribution in [1.82, 2.24) is 14.8 Å². The number of benzene rings is 1. The fourth-order valence-electron chi connectivity index (χ4n) is 2.67. The van der Waals surface area contributed by atoms with Crippen LogP contribution in [0.15, 0.2) is 18.2 Å². The second kappa shape index (κ2) is 4.46. The summed E-state index contributed by atoms with van der Waals surface area (Å²) in [6.45, 7) is 0. The zero-order chi connectivity index (χ0) is 13.4. The summed E-state index contributed by atoms with van der Waals surface area (Å²) in [5.41, 5.74) is 0.456. The lowest BCUT2D eigenvalue weighted by atomic mass is 10.1. The Morgan fingerprint density at radius 1 is 1.05 bits per heavy atom. The summed E-state index contributed by atoms with van der Waals surface area (Å²) in [6, 6.07) is 4.33. The third kappa shape index (κ3) is 1.99. The first kappa shape index (κ1) is 11.8. The standard InChI is InChI=1S/C13H15N3O3/c17-9-5-6-10(11(18)7-9)12-14-15-13(19)16(12)8-3-1-2-4-8/h5-8,17-18H,1-4H2,(H,15,19).